The molecule has 0 heterocycles. The van der Waals surface area contributed by atoms with E-state index >= 15 is 0 Å². The van der Waals surface area contributed by atoms with Gasteiger partial charge in [-0.2, -0.15) is 0 Å². The molecule has 0 spiro atoms. The minimum Gasteiger partial charge on any atom is -0.0978 e. The van der Waals surface area contributed by atoms with Gasteiger partial charge in [0.1, 0.15) is 0 Å². The largest absolute Gasteiger partial charge is 0.0978 e. The molecule has 0 unspecified atom stereocenters. The molecule has 0 amide bonds. The fourth-order valence-corrected chi connectivity index (χ4v) is 16.2. The highest BCUT2D eigenvalue weighted by atomic mass is 14.3. The summed E-state index contributed by atoms with van der Waals surface area (Å²) in [5, 5.41) is 27.1. The van der Waals surface area contributed by atoms with Crippen molar-refractivity contribution in [2.75, 3.05) is 0 Å². The molecule has 4 bridgehead atoms. The first kappa shape index (κ1) is 70.0. The van der Waals surface area contributed by atoms with Crippen molar-refractivity contribution in [3.8, 4) is 47.4 Å². The van der Waals surface area contributed by atoms with Crippen LogP contribution in [0.3, 0.4) is 0 Å². The molecule has 0 radical (unpaired) electrons. The molecule has 0 aliphatic heterocycles. The van der Waals surface area contributed by atoms with Crippen LogP contribution in [-0.4, -0.2) is 0 Å². The molecular formula is C96H112. The molecule has 0 aliphatic carbocycles. The molecule has 0 atom stereocenters. The minimum absolute atomic E-state index is 0.860. The first-order chi connectivity index (χ1) is 47.5. The summed E-state index contributed by atoms with van der Waals surface area (Å²) < 4.78 is 0. The molecule has 0 saturated carbocycles. The Labute approximate surface area is 581 Å². The van der Waals surface area contributed by atoms with Crippen LogP contribution in [0.5, 0.6) is 0 Å². The summed E-state index contributed by atoms with van der Waals surface area (Å²) in [4.78, 5) is 0. The molecule has 0 aliphatic rings. The maximum absolute atomic E-state index is 4.02. The van der Waals surface area contributed by atoms with E-state index in [0.717, 1.165) is 121 Å². The first-order valence-electron chi connectivity index (χ1n) is 39.6. The Morgan fingerprint density at radius 3 is 0.823 bits per heavy atom. The third kappa shape index (κ3) is 15.2. The van der Waals surface area contributed by atoms with Gasteiger partial charge in [-0.25, -0.2) is 0 Å². The zero-order chi connectivity index (χ0) is 66.6. The Balaban J connectivity index is 1.32. The molecule has 496 valence electrons. The number of unbranched alkanes of at least 4 members (excludes halogenated alkanes) is 28. The summed E-state index contributed by atoms with van der Waals surface area (Å²) in [6, 6.07) is 35.5. The average Bonchev–Trinajstić information content (AvgIpc) is 0.660. The molecule has 0 saturated heterocycles. The van der Waals surface area contributed by atoms with Crippen LogP contribution in [0.15, 0.2) is 48.5 Å². The zero-order valence-electron chi connectivity index (χ0n) is 60.9. The van der Waals surface area contributed by atoms with E-state index in [-0.39, 0.29) is 0 Å². The normalized spacial score (nSPS) is 11.7. The van der Waals surface area contributed by atoms with Crippen molar-refractivity contribution in [1.82, 2.24) is 0 Å². The van der Waals surface area contributed by atoms with Gasteiger partial charge >= 0.3 is 0 Å². The molecule has 0 N–H and O–H groups in total. The second-order valence-corrected chi connectivity index (χ2v) is 28.8. The molecule has 96 heavy (non-hydrogen) atoms. The van der Waals surface area contributed by atoms with Crippen LogP contribution < -0.4 is 0 Å². The number of rotatable bonds is 36. The van der Waals surface area contributed by atoms with Crippen molar-refractivity contribution in [2.45, 2.75) is 312 Å². The zero-order valence-corrected chi connectivity index (χ0v) is 60.9. The lowest BCUT2D eigenvalue weighted by Gasteiger charge is -2.30. The predicted molar refractivity (Wildman–Crippen MR) is 424 cm³/mol. The second-order valence-electron chi connectivity index (χ2n) is 28.8. The summed E-state index contributed by atoms with van der Waals surface area (Å²) in [6.45, 7) is 18.6. The summed E-state index contributed by atoms with van der Waals surface area (Å²) in [5.74, 6) is 29.9. The summed E-state index contributed by atoms with van der Waals surface area (Å²) >= 11 is 0. The first-order valence-corrected chi connectivity index (χ1v) is 39.6. The van der Waals surface area contributed by atoms with Crippen LogP contribution in [0.2, 0.25) is 0 Å². The highest BCUT2D eigenvalue weighted by Gasteiger charge is 2.32. The Kier molecular flexibility index (Phi) is 25.7. The molecule has 11 rings (SSSR count). The third-order valence-electron chi connectivity index (χ3n) is 21.6. The lowest BCUT2D eigenvalue weighted by molar-refractivity contribution is 0.654. The van der Waals surface area contributed by atoms with Crippen LogP contribution in [0.25, 0.3) is 108 Å². The summed E-state index contributed by atoms with van der Waals surface area (Å²) in [7, 11) is 0. The second kappa shape index (κ2) is 35.3. The van der Waals surface area contributed by atoms with Crippen molar-refractivity contribution in [3.63, 3.8) is 0 Å². The molecule has 0 heteroatoms. The van der Waals surface area contributed by atoms with Gasteiger partial charge < -0.3 is 0 Å². The van der Waals surface area contributed by atoms with E-state index in [1.807, 2.05) is 0 Å². The van der Waals surface area contributed by atoms with E-state index in [4.69, 9.17) is 0 Å². The highest BCUT2D eigenvalue weighted by Crippen LogP contribution is 2.58. The number of hydrogen-bond acceptors (Lipinski definition) is 0. The van der Waals surface area contributed by atoms with Gasteiger partial charge in [0.25, 0.3) is 0 Å². The van der Waals surface area contributed by atoms with Crippen molar-refractivity contribution >= 4 is 108 Å². The summed E-state index contributed by atoms with van der Waals surface area (Å²) in [6.07, 6.45) is 47.1. The van der Waals surface area contributed by atoms with Crippen LogP contribution >= 0.6 is 0 Å². The Hall–Kier alpha value is -7.32. The van der Waals surface area contributed by atoms with Gasteiger partial charge in [0, 0.05) is 91.0 Å². The Morgan fingerprint density at radius 2 is 0.510 bits per heavy atom. The van der Waals surface area contributed by atoms with E-state index in [1.54, 1.807) is 33.0 Å². The molecule has 11 aromatic carbocycles. The topological polar surface area (TPSA) is 0 Å². The molecular weight excluding hydrogens is 1150 g/mol. The Bertz CT molecular complexity index is 4370. The Morgan fingerprint density at radius 1 is 0.229 bits per heavy atom. The monoisotopic (exact) mass is 1260 g/mol. The third-order valence-corrected chi connectivity index (χ3v) is 21.6. The van der Waals surface area contributed by atoms with Gasteiger partial charge in [-0.3, -0.25) is 0 Å². The maximum atomic E-state index is 4.02. The number of benzene rings is 6. The van der Waals surface area contributed by atoms with Gasteiger partial charge in [-0.1, -0.05) is 293 Å². The van der Waals surface area contributed by atoms with Gasteiger partial charge in [0.2, 0.25) is 0 Å². The maximum Gasteiger partial charge on any atom is 0.0490 e. The highest BCUT2D eigenvalue weighted by molar-refractivity contribution is 6.51. The SMILES string of the molecule is CCCCCCC#Cc1cc(C#CCCCCCC)c2c#cc3c(C#CCCCCCC)ccc4c5c(CCCCCC)c(CCCCCC)c6c7cc8c(cc7c6c5c34)c3c8c(CCCCCC)c(CCCCCC)c4c5ccc(C#CCCCCCC)c(c#cc1c2)c5c43. The lowest BCUT2D eigenvalue weighted by atomic mass is 9.72. The van der Waals surface area contributed by atoms with Gasteiger partial charge in [0.15, 0.2) is 0 Å². The molecule has 0 aromatic heterocycles. The van der Waals surface area contributed by atoms with Crippen molar-refractivity contribution in [2.24, 2.45) is 0 Å². The van der Waals surface area contributed by atoms with Crippen LogP contribution in [-0.2, 0) is 25.7 Å². The number of fused-ring (bicyclic) bond motifs is 6. The quantitative estimate of drug-likeness (QED) is 0.0271. The van der Waals surface area contributed by atoms with Crippen LogP contribution in [0.4, 0.5) is 0 Å². The lowest BCUT2D eigenvalue weighted by Crippen LogP contribution is -2.07. The van der Waals surface area contributed by atoms with Crippen molar-refractivity contribution in [1.29, 1.82) is 0 Å². The summed E-state index contributed by atoms with van der Waals surface area (Å²) in [5.41, 5.74) is 10.5. The van der Waals surface area contributed by atoms with E-state index in [0.29, 0.717) is 0 Å². The van der Waals surface area contributed by atoms with Crippen LogP contribution in [0, 0.1) is 71.6 Å². The predicted octanol–water partition coefficient (Wildman–Crippen LogP) is 28.5. The van der Waals surface area contributed by atoms with E-state index < -0.39 is 0 Å². The minimum atomic E-state index is 0.860. The number of aryl methyl sites for hydroxylation is 4. The average molecular weight is 1270 g/mol. The van der Waals surface area contributed by atoms with Crippen LogP contribution in [0.1, 0.15) is 331 Å². The number of hydrogen-bond donors (Lipinski definition) is 0. The molecule has 11 aromatic rings. The molecule has 0 nitrogen and oxygen atoms in total. The van der Waals surface area contributed by atoms with E-state index in [1.165, 1.54) is 255 Å². The van der Waals surface area contributed by atoms with Gasteiger partial charge in [0.05, 0.1) is 0 Å². The van der Waals surface area contributed by atoms with E-state index in [2.05, 4.69) is 176 Å². The van der Waals surface area contributed by atoms with Crippen molar-refractivity contribution in [3.05, 3.63) is 117 Å². The standard InChI is InChI=1S/C96H112/c1-9-17-25-33-37-41-49-69-57-63-81-87-75(69)61-59-73-66-74(72(52-44-40-36-28-20-12-4)65-71(73)51-43-39-35-27-19-11-3)60-62-76-70(50-42-38-34-26-18-10-2)58-64-82-88(76)96-90(82)78(54-46-30-22-14-6)80(56-48-32-24-16-8)92-84-67-83-85(68-86(84)94(92)96)93-91(83)79(55-47-31-23-15-7)77(89(81)95(87)93)53-45-29-21-13-5/h57-58,63-68H,9-40,45-48,53-56H2,1-8H3. The van der Waals surface area contributed by atoms with Crippen molar-refractivity contribution < 1.29 is 0 Å². The fraction of sp³-hybridized carbons (Fsp3) is 0.500. The smallest absolute Gasteiger partial charge is 0.0490 e. The van der Waals surface area contributed by atoms with E-state index in [9.17, 15) is 0 Å². The van der Waals surface area contributed by atoms with Gasteiger partial charge in [-0.15, -0.1) is 0 Å². The van der Waals surface area contributed by atoms with Gasteiger partial charge in [-0.05, 0) is 200 Å². The molecule has 0 fully saturated rings. The fourth-order valence-electron chi connectivity index (χ4n) is 16.2.